The zero-order chi connectivity index (χ0) is 25.1. The van der Waals surface area contributed by atoms with Gasteiger partial charge in [-0.05, 0) is 47.0 Å². The highest BCUT2D eigenvalue weighted by Gasteiger charge is 2.17. The number of halogens is 2. The third-order valence-electron chi connectivity index (χ3n) is 5.77. The maximum absolute atomic E-state index is 11.2. The maximum atomic E-state index is 11.2. The van der Waals surface area contributed by atoms with Gasteiger partial charge in [0.05, 0.1) is 27.8 Å². The van der Waals surface area contributed by atoms with Crippen molar-refractivity contribution in [2.75, 3.05) is 4.90 Å². The number of hydrogen-bond donors (Lipinski definition) is 1. The first-order chi connectivity index (χ1) is 17.5. The molecule has 7 heteroatoms. The fourth-order valence-electron chi connectivity index (χ4n) is 3.84. The molecule has 0 saturated heterocycles. The van der Waals surface area contributed by atoms with Crippen LogP contribution in [0.1, 0.15) is 15.9 Å². The Balaban J connectivity index is 1.46. The molecule has 4 nitrogen and oxygen atoms in total. The number of carboxylic acid groups (broad SMARTS) is 1. The van der Waals surface area contributed by atoms with Crippen LogP contribution in [-0.4, -0.2) is 16.1 Å². The van der Waals surface area contributed by atoms with Crippen molar-refractivity contribution < 1.29 is 9.90 Å². The van der Waals surface area contributed by atoms with E-state index in [-0.39, 0.29) is 5.56 Å². The summed E-state index contributed by atoms with van der Waals surface area (Å²) in [5, 5.41) is 13.0. The van der Waals surface area contributed by atoms with E-state index >= 15 is 0 Å². The molecule has 0 aliphatic carbocycles. The number of aromatic nitrogens is 1. The minimum atomic E-state index is -0.953. The van der Waals surface area contributed by atoms with Crippen LogP contribution in [0.4, 0.5) is 10.8 Å². The summed E-state index contributed by atoms with van der Waals surface area (Å²) in [7, 11) is 0. The molecular weight excluding hydrogens is 511 g/mol. The van der Waals surface area contributed by atoms with Gasteiger partial charge in [0.1, 0.15) is 0 Å². The average molecular weight is 531 g/mol. The Kier molecular flexibility index (Phi) is 7.05. The van der Waals surface area contributed by atoms with Crippen molar-refractivity contribution in [1.82, 2.24) is 4.98 Å². The number of thiazole rings is 1. The van der Waals surface area contributed by atoms with Crippen LogP contribution in [0.25, 0.3) is 22.4 Å². The molecule has 0 unspecified atom stereocenters. The number of rotatable bonds is 7. The fourth-order valence-corrected chi connectivity index (χ4v) is 4.99. The second-order valence-electron chi connectivity index (χ2n) is 8.15. The minimum absolute atomic E-state index is 0.246. The highest BCUT2D eigenvalue weighted by Crippen LogP contribution is 2.36. The first kappa shape index (κ1) is 24.1. The number of carbonyl (C=O) groups is 1. The second-order valence-corrected chi connectivity index (χ2v) is 9.80. The summed E-state index contributed by atoms with van der Waals surface area (Å²) in [5.74, 6) is -0.953. The average Bonchev–Trinajstić information content (AvgIpc) is 3.40. The number of carboxylic acids is 1. The molecule has 1 heterocycles. The van der Waals surface area contributed by atoms with Crippen LogP contribution in [0, 0.1) is 0 Å². The van der Waals surface area contributed by atoms with Crippen molar-refractivity contribution in [2.24, 2.45) is 0 Å². The van der Waals surface area contributed by atoms with Crippen LogP contribution >= 0.6 is 34.5 Å². The van der Waals surface area contributed by atoms with E-state index < -0.39 is 5.97 Å². The Morgan fingerprint density at radius 3 is 2.14 bits per heavy atom. The number of hydrogen-bond acceptors (Lipinski definition) is 4. The van der Waals surface area contributed by atoms with E-state index in [2.05, 4.69) is 36.4 Å². The molecule has 0 atom stereocenters. The van der Waals surface area contributed by atoms with E-state index in [0.29, 0.717) is 16.6 Å². The van der Waals surface area contributed by atoms with Crippen LogP contribution < -0.4 is 4.90 Å². The van der Waals surface area contributed by atoms with Gasteiger partial charge in [-0.15, -0.1) is 11.3 Å². The molecule has 0 bridgehead atoms. The molecule has 1 N–H and O–H groups in total. The van der Waals surface area contributed by atoms with Gasteiger partial charge in [-0.1, -0.05) is 89.9 Å². The van der Waals surface area contributed by atoms with Crippen molar-refractivity contribution in [3.8, 4) is 22.4 Å². The lowest BCUT2D eigenvalue weighted by atomic mass is 10.0. The highest BCUT2D eigenvalue weighted by atomic mass is 35.5. The van der Waals surface area contributed by atoms with Gasteiger partial charge >= 0.3 is 5.97 Å². The Bertz CT molecular complexity index is 1500. The first-order valence-electron chi connectivity index (χ1n) is 11.1. The van der Waals surface area contributed by atoms with E-state index in [1.54, 1.807) is 18.2 Å². The predicted molar refractivity (Wildman–Crippen MR) is 149 cm³/mol. The lowest BCUT2D eigenvalue weighted by molar-refractivity contribution is 0.0697. The van der Waals surface area contributed by atoms with E-state index in [1.807, 2.05) is 52.7 Å². The summed E-state index contributed by atoms with van der Waals surface area (Å²) in [6.07, 6.45) is 0. The summed E-state index contributed by atoms with van der Waals surface area (Å²) in [5.41, 5.74) is 6.25. The lowest BCUT2D eigenvalue weighted by Crippen LogP contribution is -2.16. The molecule has 1 aromatic heterocycles. The van der Waals surface area contributed by atoms with Crippen molar-refractivity contribution in [1.29, 1.82) is 0 Å². The van der Waals surface area contributed by atoms with E-state index in [9.17, 15) is 9.90 Å². The molecule has 0 spiro atoms. The fraction of sp³-hybridized carbons (Fsp3) is 0.0345. The summed E-state index contributed by atoms with van der Waals surface area (Å²) in [6, 6.07) is 30.9. The molecule has 178 valence electrons. The first-order valence-corrected chi connectivity index (χ1v) is 12.8. The lowest BCUT2D eigenvalue weighted by Gasteiger charge is -2.23. The Hall–Kier alpha value is -3.64. The SMILES string of the molecule is O=C(O)c1ccc(CN(c2ccc(Cl)c(Cl)c2)c2nc(-c3ccc(-c4ccccc4)cc3)cs2)cc1. The Morgan fingerprint density at radius 2 is 1.47 bits per heavy atom. The van der Waals surface area contributed by atoms with Gasteiger partial charge in [0.25, 0.3) is 0 Å². The van der Waals surface area contributed by atoms with Gasteiger partial charge in [-0.25, -0.2) is 9.78 Å². The van der Waals surface area contributed by atoms with Crippen LogP contribution in [-0.2, 0) is 6.54 Å². The van der Waals surface area contributed by atoms with Crippen molar-refractivity contribution >= 4 is 51.3 Å². The van der Waals surface area contributed by atoms with E-state index in [1.165, 1.54) is 16.9 Å². The zero-order valence-electron chi connectivity index (χ0n) is 18.9. The predicted octanol–water partition coefficient (Wildman–Crippen LogP) is 8.82. The molecule has 5 rings (SSSR count). The molecule has 0 radical (unpaired) electrons. The monoisotopic (exact) mass is 530 g/mol. The Labute approximate surface area is 223 Å². The molecule has 36 heavy (non-hydrogen) atoms. The molecule has 0 saturated carbocycles. The largest absolute Gasteiger partial charge is 0.478 e. The molecule has 0 aliphatic heterocycles. The number of benzene rings is 4. The number of aromatic carboxylic acids is 1. The summed E-state index contributed by atoms with van der Waals surface area (Å²) >= 11 is 14.0. The molecule has 5 aromatic rings. The number of anilines is 2. The number of nitrogens with zero attached hydrogens (tertiary/aromatic N) is 2. The molecular formula is C29H20Cl2N2O2S. The van der Waals surface area contributed by atoms with Crippen molar-refractivity contribution in [3.63, 3.8) is 0 Å². The van der Waals surface area contributed by atoms with Gasteiger partial charge < -0.3 is 10.0 Å². The minimum Gasteiger partial charge on any atom is -0.478 e. The normalized spacial score (nSPS) is 10.8. The molecule has 0 amide bonds. The van der Waals surface area contributed by atoms with E-state index in [0.717, 1.165) is 33.2 Å². The summed E-state index contributed by atoms with van der Waals surface area (Å²) < 4.78 is 0. The third-order valence-corrected chi connectivity index (χ3v) is 7.37. The van der Waals surface area contributed by atoms with Crippen LogP contribution in [0.5, 0.6) is 0 Å². The second kappa shape index (κ2) is 10.5. The van der Waals surface area contributed by atoms with Crippen molar-refractivity contribution in [3.05, 3.63) is 124 Å². The quantitative estimate of drug-likeness (QED) is 0.228. The van der Waals surface area contributed by atoms with Crippen molar-refractivity contribution in [2.45, 2.75) is 6.54 Å². The molecule has 0 aliphatic rings. The topological polar surface area (TPSA) is 53.4 Å². The Morgan fingerprint density at radius 1 is 0.806 bits per heavy atom. The molecule has 0 fully saturated rings. The standard InChI is InChI=1S/C29H20Cl2N2O2S/c30-25-15-14-24(16-26(25)31)33(17-19-6-8-23(9-7-19)28(34)35)29-32-27(18-36-29)22-12-10-21(11-13-22)20-4-2-1-3-5-20/h1-16,18H,17H2,(H,34,35). The maximum Gasteiger partial charge on any atom is 0.335 e. The van der Waals surface area contributed by atoms with E-state index in [4.69, 9.17) is 28.2 Å². The highest BCUT2D eigenvalue weighted by molar-refractivity contribution is 7.14. The summed E-state index contributed by atoms with van der Waals surface area (Å²) in [4.78, 5) is 18.2. The zero-order valence-corrected chi connectivity index (χ0v) is 21.3. The van der Waals surface area contributed by atoms with Gasteiger partial charge in [-0.2, -0.15) is 0 Å². The van der Waals surface area contributed by atoms with Gasteiger partial charge in [0.15, 0.2) is 5.13 Å². The van der Waals surface area contributed by atoms with Gasteiger partial charge in [-0.3, -0.25) is 0 Å². The third kappa shape index (κ3) is 5.29. The van der Waals surface area contributed by atoms with Gasteiger partial charge in [0.2, 0.25) is 0 Å². The van der Waals surface area contributed by atoms with Crippen LogP contribution in [0.15, 0.2) is 102 Å². The smallest absolute Gasteiger partial charge is 0.335 e. The van der Waals surface area contributed by atoms with Gasteiger partial charge in [0, 0.05) is 16.6 Å². The molecule has 4 aromatic carbocycles. The summed E-state index contributed by atoms with van der Waals surface area (Å²) in [6.45, 7) is 0.484. The van der Waals surface area contributed by atoms with Crippen LogP contribution in [0.2, 0.25) is 10.0 Å². The van der Waals surface area contributed by atoms with Crippen LogP contribution in [0.3, 0.4) is 0 Å².